The molecule has 0 aliphatic carbocycles. The van der Waals surface area contributed by atoms with Crippen molar-refractivity contribution in [3.05, 3.63) is 54.7 Å². The Kier molecular flexibility index (Phi) is 4.91. The van der Waals surface area contributed by atoms with Gasteiger partial charge in [-0.25, -0.2) is 13.4 Å². The number of nitrogens with zero attached hydrogens (tertiary/aromatic N) is 1. The Morgan fingerprint density at radius 3 is 2.48 bits per heavy atom. The van der Waals surface area contributed by atoms with Crippen LogP contribution in [-0.4, -0.2) is 27.6 Å². The molecule has 0 aliphatic rings. The summed E-state index contributed by atoms with van der Waals surface area (Å²) in [4.78, 5) is 5.02. The molecule has 0 atom stereocenters. The minimum absolute atomic E-state index is 0.00851. The molecular formula is C17H16N2O4S2. The van der Waals surface area contributed by atoms with Crippen LogP contribution >= 0.6 is 11.3 Å². The number of ether oxygens (including phenoxy) is 2. The lowest BCUT2D eigenvalue weighted by Crippen LogP contribution is -2.14. The third-order valence-corrected chi connectivity index (χ3v) is 5.90. The topological polar surface area (TPSA) is 77.5 Å². The number of methoxy groups -OCH3 is 2. The molecule has 25 heavy (non-hydrogen) atoms. The van der Waals surface area contributed by atoms with Crippen molar-refractivity contribution in [1.82, 2.24) is 4.98 Å². The number of aromatic nitrogens is 1. The Morgan fingerprint density at radius 1 is 1.04 bits per heavy atom. The van der Waals surface area contributed by atoms with E-state index in [0.29, 0.717) is 5.75 Å². The molecule has 0 saturated carbocycles. The highest BCUT2D eigenvalue weighted by Crippen LogP contribution is 2.33. The van der Waals surface area contributed by atoms with Gasteiger partial charge in [-0.2, -0.15) is 0 Å². The van der Waals surface area contributed by atoms with Gasteiger partial charge in [0.2, 0.25) is 0 Å². The van der Waals surface area contributed by atoms with Gasteiger partial charge in [0.05, 0.1) is 19.1 Å². The van der Waals surface area contributed by atoms with Crippen LogP contribution in [0.2, 0.25) is 0 Å². The second-order valence-corrected chi connectivity index (χ2v) is 7.70. The van der Waals surface area contributed by atoms with Crippen molar-refractivity contribution < 1.29 is 17.9 Å². The molecule has 6 nitrogen and oxygen atoms in total. The van der Waals surface area contributed by atoms with Gasteiger partial charge in [-0.15, -0.1) is 0 Å². The summed E-state index contributed by atoms with van der Waals surface area (Å²) in [6.07, 6.45) is 1.64. The van der Waals surface area contributed by atoms with Gasteiger partial charge in [-0.1, -0.05) is 41.7 Å². The van der Waals surface area contributed by atoms with E-state index in [4.69, 9.17) is 9.47 Å². The normalized spacial score (nSPS) is 11.1. The minimum Gasteiger partial charge on any atom is -0.497 e. The molecule has 0 amide bonds. The molecule has 0 saturated heterocycles. The smallest absolute Gasteiger partial charge is 0.267 e. The molecule has 0 bridgehead atoms. The Balaban J connectivity index is 1.91. The van der Waals surface area contributed by atoms with E-state index >= 15 is 0 Å². The first-order valence-electron chi connectivity index (χ1n) is 7.29. The first-order valence-corrected chi connectivity index (χ1v) is 9.59. The summed E-state index contributed by atoms with van der Waals surface area (Å²) < 4.78 is 38.2. The average molecular weight is 376 g/mol. The Morgan fingerprint density at radius 2 is 1.80 bits per heavy atom. The van der Waals surface area contributed by atoms with Crippen LogP contribution in [0.4, 0.5) is 5.13 Å². The number of thiazole rings is 1. The molecule has 0 fully saturated rings. The molecule has 0 unspecified atom stereocenters. The van der Waals surface area contributed by atoms with E-state index in [1.807, 2.05) is 30.3 Å². The van der Waals surface area contributed by atoms with Gasteiger partial charge in [-0.3, -0.25) is 4.72 Å². The van der Waals surface area contributed by atoms with Gasteiger partial charge in [0.15, 0.2) is 5.13 Å². The van der Waals surface area contributed by atoms with Gasteiger partial charge >= 0.3 is 0 Å². The maximum atomic E-state index is 12.7. The zero-order valence-electron chi connectivity index (χ0n) is 13.6. The van der Waals surface area contributed by atoms with Crippen LogP contribution in [0.1, 0.15) is 0 Å². The summed E-state index contributed by atoms with van der Waals surface area (Å²) in [5, 5.41) is 0.281. The van der Waals surface area contributed by atoms with Crippen molar-refractivity contribution in [3.63, 3.8) is 0 Å². The lowest BCUT2D eigenvalue weighted by atomic mass is 10.2. The number of hydrogen-bond donors (Lipinski definition) is 1. The molecule has 3 aromatic rings. The predicted octanol–water partition coefficient (Wildman–Crippen LogP) is 3.63. The number of rotatable bonds is 6. The molecule has 1 heterocycles. The van der Waals surface area contributed by atoms with E-state index in [0.717, 1.165) is 10.4 Å². The Labute approximate surface area is 150 Å². The lowest BCUT2D eigenvalue weighted by Gasteiger charge is -2.11. The number of benzene rings is 2. The summed E-state index contributed by atoms with van der Waals surface area (Å²) in [5.74, 6) is 0.651. The van der Waals surface area contributed by atoms with E-state index in [1.165, 1.54) is 31.6 Å². The molecule has 8 heteroatoms. The standard InChI is InChI=1S/C17H16N2O4S2/c1-22-13-8-9-14(23-2)16(10-13)25(20,21)19-17-18-11-15(24-17)12-6-4-3-5-7-12/h3-11H,1-2H3,(H,18,19). The van der Waals surface area contributed by atoms with Crippen molar-refractivity contribution in [2.75, 3.05) is 18.9 Å². The monoisotopic (exact) mass is 376 g/mol. The van der Waals surface area contributed by atoms with Gasteiger partial charge in [0.25, 0.3) is 10.0 Å². The SMILES string of the molecule is COc1ccc(OC)c(S(=O)(=O)Nc2ncc(-c3ccccc3)s2)c1. The predicted molar refractivity (Wildman–Crippen MR) is 97.9 cm³/mol. The van der Waals surface area contributed by atoms with Gasteiger partial charge in [0, 0.05) is 12.3 Å². The first kappa shape index (κ1) is 17.2. The van der Waals surface area contributed by atoms with E-state index < -0.39 is 10.0 Å². The van der Waals surface area contributed by atoms with Crippen molar-refractivity contribution in [1.29, 1.82) is 0 Å². The van der Waals surface area contributed by atoms with Crippen molar-refractivity contribution >= 4 is 26.5 Å². The molecule has 1 aromatic heterocycles. The Bertz CT molecular complexity index is 969. The van der Waals surface area contributed by atoms with Crippen LogP contribution in [0.5, 0.6) is 11.5 Å². The lowest BCUT2D eigenvalue weighted by molar-refractivity contribution is 0.392. The van der Waals surface area contributed by atoms with Crippen LogP contribution in [0, 0.1) is 0 Å². The molecule has 1 N–H and O–H groups in total. The molecule has 0 spiro atoms. The number of sulfonamides is 1. The van der Waals surface area contributed by atoms with E-state index in [1.54, 1.807) is 18.3 Å². The highest BCUT2D eigenvalue weighted by Gasteiger charge is 2.22. The summed E-state index contributed by atoms with van der Waals surface area (Å²) in [7, 11) is -0.979. The fourth-order valence-corrected chi connectivity index (χ4v) is 4.47. The zero-order valence-corrected chi connectivity index (χ0v) is 15.2. The van der Waals surface area contributed by atoms with E-state index in [9.17, 15) is 8.42 Å². The maximum Gasteiger partial charge on any atom is 0.267 e. The Hall–Kier alpha value is -2.58. The maximum absolute atomic E-state index is 12.7. The number of hydrogen-bond acceptors (Lipinski definition) is 6. The molecule has 0 radical (unpaired) electrons. The number of nitrogens with one attached hydrogen (secondary N) is 1. The second kappa shape index (κ2) is 7.12. The van der Waals surface area contributed by atoms with Crippen LogP contribution < -0.4 is 14.2 Å². The quantitative estimate of drug-likeness (QED) is 0.711. The molecule has 130 valence electrons. The molecule has 3 rings (SSSR count). The summed E-state index contributed by atoms with van der Waals surface area (Å²) >= 11 is 1.26. The van der Waals surface area contributed by atoms with Gasteiger partial charge in [-0.05, 0) is 17.7 Å². The third-order valence-electron chi connectivity index (χ3n) is 3.45. The fourth-order valence-electron chi connectivity index (χ4n) is 2.22. The van der Waals surface area contributed by atoms with Crippen LogP contribution in [-0.2, 0) is 10.0 Å². The summed E-state index contributed by atoms with van der Waals surface area (Å²) in [5.41, 5.74) is 0.976. The first-order chi connectivity index (χ1) is 12.0. The highest BCUT2D eigenvalue weighted by atomic mass is 32.2. The molecule has 0 aliphatic heterocycles. The van der Waals surface area contributed by atoms with Crippen LogP contribution in [0.3, 0.4) is 0 Å². The summed E-state index contributed by atoms with van der Waals surface area (Å²) in [6.45, 7) is 0. The largest absolute Gasteiger partial charge is 0.497 e. The summed E-state index contributed by atoms with van der Waals surface area (Å²) in [6, 6.07) is 14.2. The zero-order chi connectivity index (χ0) is 17.9. The molecule has 2 aromatic carbocycles. The fraction of sp³-hybridized carbons (Fsp3) is 0.118. The van der Waals surface area contributed by atoms with E-state index in [2.05, 4.69) is 9.71 Å². The third kappa shape index (κ3) is 3.75. The van der Waals surface area contributed by atoms with Crippen molar-refractivity contribution in [3.8, 4) is 21.9 Å². The van der Waals surface area contributed by atoms with Crippen molar-refractivity contribution in [2.24, 2.45) is 0 Å². The van der Waals surface area contributed by atoms with Crippen LogP contribution in [0.25, 0.3) is 10.4 Å². The van der Waals surface area contributed by atoms with Crippen molar-refractivity contribution in [2.45, 2.75) is 4.90 Å². The second-order valence-electron chi connectivity index (χ2n) is 5.02. The number of anilines is 1. The average Bonchev–Trinajstić information content (AvgIpc) is 3.09. The van der Waals surface area contributed by atoms with Gasteiger partial charge < -0.3 is 9.47 Å². The highest BCUT2D eigenvalue weighted by molar-refractivity contribution is 7.93. The van der Waals surface area contributed by atoms with Gasteiger partial charge in [0.1, 0.15) is 16.4 Å². The van der Waals surface area contributed by atoms with Crippen LogP contribution in [0.15, 0.2) is 59.6 Å². The minimum atomic E-state index is -3.86. The molecular weight excluding hydrogens is 360 g/mol. The van der Waals surface area contributed by atoms with E-state index in [-0.39, 0.29) is 15.8 Å².